The number of rotatable bonds is 4. The van der Waals surface area contributed by atoms with E-state index >= 15 is 0 Å². The Balaban J connectivity index is 1.68. The van der Waals surface area contributed by atoms with Crippen LogP contribution in [-0.2, 0) is 11.3 Å². The fourth-order valence-electron chi connectivity index (χ4n) is 2.00. The Morgan fingerprint density at radius 3 is 2.62 bits per heavy atom. The maximum Gasteiger partial charge on any atom is 0.340 e. The normalized spacial score (nSPS) is 10.6. The third kappa shape index (κ3) is 3.98. The van der Waals surface area contributed by atoms with E-state index in [9.17, 15) is 4.79 Å². The van der Waals surface area contributed by atoms with Gasteiger partial charge in [0.05, 0.1) is 10.6 Å². The third-order valence-electron chi connectivity index (χ3n) is 3.19. The van der Waals surface area contributed by atoms with E-state index in [0.29, 0.717) is 21.5 Å². The van der Waals surface area contributed by atoms with E-state index in [-0.39, 0.29) is 12.2 Å². The van der Waals surface area contributed by atoms with Crippen molar-refractivity contribution >= 4 is 45.1 Å². The van der Waals surface area contributed by atoms with Gasteiger partial charge in [-0.25, -0.2) is 4.79 Å². The number of halogens is 3. The van der Waals surface area contributed by atoms with Crippen LogP contribution in [0.25, 0.3) is 11.3 Å². The lowest BCUT2D eigenvalue weighted by Crippen LogP contribution is -2.06. The first-order valence-electron chi connectivity index (χ1n) is 6.86. The first-order chi connectivity index (χ1) is 11.5. The highest BCUT2D eigenvalue weighted by molar-refractivity contribution is 9.10. The zero-order valence-corrected chi connectivity index (χ0v) is 15.2. The van der Waals surface area contributed by atoms with Crippen molar-refractivity contribution < 1.29 is 14.1 Å². The van der Waals surface area contributed by atoms with Gasteiger partial charge in [0.15, 0.2) is 5.76 Å². The molecule has 2 aromatic carbocycles. The van der Waals surface area contributed by atoms with Crippen molar-refractivity contribution in [3.8, 4) is 11.3 Å². The topological polar surface area (TPSA) is 52.3 Å². The Bertz CT molecular complexity index is 878. The lowest BCUT2D eigenvalue weighted by molar-refractivity contribution is 0.0464. The van der Waals surface area contributed by atoms with Crippen molar-refractivity contribution in [1.82, 2.24) is 5.16 Å². The fraction of sp³-hybridized carbons (Fsp3) is 0.0588. The number of aromatic nitrogens is 1. The monoisotopic (exact) mass is 425 g/mol. The molecule has 0 aliphatic heterocycles. The number of nitrogens with zero attached hydrogens (tertiary/aromatic N) is 1. The molecule has 0 unspecified atom stereocenters. The van der Waals surface area contributed by atoms with Crippen molar-refractivity contribution in [3.05, 3.63) is 74.3 Å². The molecule has 3 rings (SSSR count). The van der Waals surface area contributed by atoms with Gasteiger partial charge in [0.1, 0.15) is 12.3 Å². The van der Waals surface area contributed by atoms with Crippen molar-refractivity contribution in [3.63, 3.8) is 0 Å². The van der Waals surface area contributed by atoms with Crippen LogP contribution >= 0.6 is 39.1 Å². The second-order valence-electron chi connectivity index (χ2n) is 4.89. The van der Waals surface area contributed by atoms with Crippen LogP contribution in [0.15, 0.2) is 57.5 Å². The van der Waals surface area contributed by atoms with E-state index in [0.717, 1.165) is 10.0 Å². The first kappa shape index (κ1) is 17.0. The maximum absolute atomic E-state index is 12.1. The maximum atomic E-state index is 12.1. The lowest BCUT2D eigenvalue weighted by atomic mass is 10.2. The number of esters is 1. The molecule has 7 heteroatoms. The molecule has 24 heavy (non-hydrogen) atoms. The van der Waals surface area contributed by atoms with Crippen LogP contribution in [0.5, 0.6) is 0 Å². The summed E-state index contributed by atoms with van der Waals surface area (Å²) in [6, 6.07) is 13.8. The molecule has 1 heterocycles. The summed E-state index contributed by atoms with van der Waals surface area (Å²) in [6.45, 7) is -0.0151. The van der Waals surface area contributed by atoms with Crippen LogP contribution in [0.1, 0.15) is 16.1 Å². The standard InChI is InChI=1S/C17H10BrCl2NO3/c18-11-3-6-15(20)14(7-11)17(22)23-9-13-8-16(24-21-13)10-1-4-12(19)5-2-10/h1-8H,9H2. The van der Waals surface area contributed by atoms with Crippen molar-refractivity contribution in [2.75, 3.05) is 0 Å². The van der Waals surface area contributed by atoms with Crippen molar-refractivity contribution in [2.45, 2.75) is 6.61 Å². The zero-order valence-electron chi connectivity index (χ0n) is 12.1. The molecule has 122 valence electrons. The van der Waals surface area contributed by atoms with Gasteiger partial charge in [-0.2, -0.15) is 0 Å². The molecular weight excluding hydrogens is 417 g/mol. The number of hydrogen-bond donors (Lipinski definition) is 0. The highest BCUT2D eigenvalue weighted by Crippen LogP contribution is 2.24. The van der Waals surface area contributed by atoms with Crippen molar-refractivity contribution in [2.24, 2.45) is 0 Å². The van der Waals surface area contributed by atoms with Gasteiger partial charge in [-0.15, -0.1) is 0 Å². The molecule has 0 bridgehead atoms. The quantitative estimate of drug-likeness (QED) is 0.497. The minimum atomic E-state index is -0.530. The molecule has 1 aromatic heterocycles. The average Bonchev–Trinajstić information content (AvgIpc) is 3.04. The van der Waals surface area contributed by atoms with Crippen molar-refractivity contribution in [1.29, 1.82) is 0 Å². The van der Waals surface area contributed by atoms with Gasteiger partial charge in [0, 0.05) is 21.1 Å². The molecule has 0 amide bonds. The van der Waals surface area contributed by atoms with Gasteiger partial charge < -0.3 is 9.26 Å². The molecule has 0 saturated carbocycles. The summed E-state index contributed by atoms with van der Waals surface area (Å²) in [5.41, 5.74) is 1.62. The van der Waals surface area contributed by atoms with E-state index in [1.54, 1.807) is 36.4 Å². The minimum absolute atomic E-state index is 0.0151. The molecule has 0 atom stereocenters. The van der Waals surface area contributed by atoms with Crippen LogP contribution in [0.3, 0.4) is 0 Å². The largest absolute Gasteiger partial charge is 0.455 e. The summed E-state index contributed by atoms with van der Waals surface area (Å²) in [7, 11) is 0. The van der Waals surface area contributed by atoms with Gasteiger partial charge in [-0.05, 0) is 42.5 Å². The second kappa shape index (κ2) is 7.38. The highest BCUT2D eigenvalue weighted by Gasteiger charge is 2.14. The number of benzene rings is 2. The summed E-state index contributed by atoms with van der Waals surface area (Å²) in [5.74, 6) is 0.0375. The van der Waals surface area contributed by atoms with E-state index in [1.807, 2.05) is 12.1 Å². The van der Waals surface area contributed by atoms with Gasteiger partial charge in [-0.3, -0.25) is 0 Å². The summed E-state index contributed by atoms with van der Waals surface area (Å²) in [4.78, 5) is 12.1. The molecule has 0 aliphatic carbocycles. The molecule has 0 aliphatic rings. The summed E-state index contributed by atoms with van der Waals surface area (Å²) in [6.07, 6.45) is 0. The van der Waals surface area contributed by atoms with E-state index in [4.69, 9.17) is 32.5 Å². The Hall–Kier alpha value is -1.82. The Morgan fingerprint density at radius 2 is 1.88 bits per heavy atom. The predicted octanol–water partition coefficient (Wildman–Crippen LogP) is 5.77. The minimum Gasteiger partial charge on any atom is -0.455 e. The van der Waals surface area contributed by atoms with Crippen LogP contribution in [0.2, 0.25) is 10.0 Å². The van der Waals surface area contributed by atoms with E-state index in [2.05, 4.69) is 21.1 Å². The third-order valence-corrected chi connectivity index (χ3v) is 4.26. The summed E-state index contributed by atoms with van der Waals surface area (Å²) < 4.78 is 11.2. The second-order valence-corrected chi connectivity index (χ2v) is 6.65. The van der Waals surface area contributed by atoms with E-state index < -0.39 is 5.97 Å². The Kier molecular flexibility index (Phi) is 5.23. The predicted molar refractivity (Wildman–Crippen MR) is 95.2 cm³/mol. The number of carbonyl (C=O) groups is 1. The lowest BCUT2D eigenvalue weighted by Gasteiger charge is -2.04. The molecule has 3 aromatic rings. The highest BCUT2D eigenvalue weighted by atomic mass is 79.9. The van der Waals surface area contributed by atoms with E-state index in [1.165, 1.54) is 0 Å². The number of ether oxygens (including phenoxy) is 1. The zero-order chi connectivity index (χ0) is 17.1. The fourth-order valence-corrected chi connectivity index (χ4v) is 2.68. The molecule has 4 nitrogen and oxygen atoms in total. The van der Waals surface area contributed by atoms with Gasteiger partial charge in [0.25, 0.3) is 0 Å². The molecule has 0 saturated heterocycles. The average molecular weight is 427 g/mol. The molecule has 0 radical (unpaired) electrons. The smallest absolute Gasteiger partial charge is 0.340 e. The van der Waals surface area contributed by atoms with Crippen LogP contribution in [0, 0.1) is 0 Å². The number of carbonyl (C=O) groups excluding carboxylic acids is 1. The van der Waals surface area contributed by atoms with Crippen LogP contribution < -0.4 is 0 Å². The summed E-state index contributed by atoms with van der Waals surface area (Å²) >= 11 is 15.1. The first-order valence-corrected chi connectivity index (χ1v) is 8.41. The SMILES string of the molecule is O=C(OCc1cc(-c2ccc(Cl)cc2)on1)c1cc(Br)ccc1Cl. The molecule has 0 N–H and O–H groups in total. The van der Waals surface area contributed by atoms with Crippen LogP contribution in [-0.4, -0.2) is 11.1 Å². The molecule has 0 fully saturated rings. The van der Waals surface area contributed by atoms with Crippen LogP contribution in [0.4, 0.5) is 0 Å². The van der Waals surface area contributed by atoms with Gasteiger partial charge >= 0.3 is 5.97 Å². The van der Waals surface area contributed by atoms with Gasteiger partial charge in [0.2, 0.25) is 0 Å². The number of hydrogen-bond acceptors (Lipinski definition) is 4. The Morgan fingerprint density at radius 1 is 1.12 bits per heavy atom. The summed E-state index contributed by atoms with van der Waals surface area (Å²) in [5, 5.41) is 4.85. The van der Waals surface area contributed by atoms with Gasteiger partial charge in [-0.1, -0.05) is 44.3 Å². The molecular formula is C17H10BrCl2NO3. The molecule has 0 spiro atoms. The Labute approximate surface area is 156 Å².